The van der Waals surface area contributed by atoms with Gasteiger partial charge in [-0.25, -0.2) is 0 Å². The van der Waals surface area contributed by atoms with E-state index in [4.69, 9.17) is 0 Å². The van der Waals surface area contributed by atoms with Gasteiger partial charge in [-0.05, 0) is 6.92 Å². The second-order valence-electron chi connectivity index (χ2n) is 1.11. The second-order valence-corrected chi connectivity index (χ2v) is 1.11. The standard InChI is InChI=1S/C3H5N3.2CH4/c1-3-2-4-6-5-3;;/h2H,1H3,(H,4,5,6);2*1H4. The molecule has 0 aliphatic rings. The van der Waals surface area contributed by atoms with Gasteiger partial charge in [-0.1, -0.05) is 14.9 Å². The Bertz CT molecular complexity index is 111. The molecule has 0 saturated carbocycles. The fourth-order valence-corrected chi connectivity index (χ4v) is 0.259. The Morgan fingerprint density at radius 3 is 2.25 bits per heavy atom. The molecule has 3 heteroatoms. The maximum absolute atomic E-state index is 3.68. The summed E-state index contributed by atoms with van der Waals surface area (Å²) in [5.41, 5.74) is 0.926. The first-order chi connectivity index (χ1) is 2.89. The first-order valence-corrected chi connectivity index (χ1v) is 1.72. The van der Waals surface area contributed by atoms with Crippen LogP contribution in [0.4, 0.5) is 0 Å². The van der Waals surface area contributed by atoms with Crippen molar-refractivity contribution in [3.63, 3.8) is 0 Å². The van der Waals surface area contributed by atoms with E-state index in [1.807, 2.05) is 6.92 Å². The molecule has 1 aromatic heterocycles. The molecule has 0 radical (unpaired) electrons. The molecule has 0 aliphatic carbocycles. The van der Waals surface area contributed by atoms with Crippen LogP contribution < -0.4 is 0 Å². The summed E-state index contributed by atoms with van der Waals surface area (Å²) in [5.74, 6) is 0. The molecule has 0 bridgehead atoms. The summed E-state index contributed by atoms with van der Waals surface area (Å²) in [4.78, 5) is 0. The van der Waals surface area contributed by atoms with Crippen LogP contribution in [0.15, 0.2) is 6.20 Å². The molecule has 0 saturated heterocycles. The van der Waals surface area contributed by atoms with Crippen LogP contribution in [0.25, 0.3) is 0 Å². The first kappa shape index (κ1) is 10.2. The molecule has 0 atom stereocenters. The third-order valence-electron chi connectivity index (χ3n) is 0.535. The largest absolute Gasteiger partial charge is 0.198 e. The SMILES string of the molecule is C.C.Cc1cn[nH]n1. The quantitative estimate of drug-likeness (QED) is 0.555. The maximum Gasteiger partial charge on any atom is 0.0793 e. The zero-order valence-electron chi connectivity index (χ0n) is 3.47. The number of H-pyrrole nitrogens is 1. The van der Waals surface area contributed by atoms with Crippen molar-refractivity contribution in [2.45, 2.75) is 21.8 Å². The molecule has 1 N–H and O–H groups in total. The third-order valence-corrected chi connectivity index (χ3v) is 0.535. The Labute approximate surface area is 50.1 Å². The van der Waals surface area contributed by atoms with Crippen LogP contribution in [0.5, 0.6) is 0 Å². The number of hydrogen-bond donors (Lipinski definition) is 1. The molecule has 0 aliphatic heterocycles. The van der Waals surface area contributed by atoms with Crippen LogP contribution in [0.3, 0.4) is 0 Å². The molecule has 0 amide bonds. The zero-order valence-corrected chi connectivity index (χ0v) is 3.47. The lowest BCUT2D eigenvalue weighted by molar-refractivity contribution is 0.928. The van der Waals surface area contributed by atoms with E-state index in [1.165, 1.54) is 0 Å². The van der Waals surface area contributed by atoms with Gasteiger partial charge in [0.1, 0.15) is 0 Å². The van der Waals surface area contributed by atoms with E-state index in [2.05, 4.69) is 15.4 Å². The van der Waals surface area contributed by atoms with E-state index < -0.39 is 0 Å². The lowest BCUT2D eigenvalue weighted by Crippen LogP contribution is -1.66. The second kappa shape index (κ2) is 4.30. The Morgan fingerprint density at radius 2 is 2.12 bits per heavy atom. The number of nitrogens with zero attached hydrogens (tertiary/aromatic N) is 2. The van der Waals surface area contributed by atoms with Crippen molar-refractivity contribution >= 4 is 0 Å². The van der Waals surface area contributed by atoms with E-state index in [0.717, 1.165) is 5.69 Å². The van der Waals surface area contributed by atoms with Crippen molar-refractivity contribution in [2.75, 3.05) is 0 Å². The van der Waals surface area contributed by atoms with E-state index in [9.17, 15) is 0 Å². The molecule has 48 valence electrons. The molecule has 0 aromatic carbocycles. The molecule has 3 nitrogen and oxygen atoms in total. The van der Waals surface area contributed by atoms with Crippen LogP contribution in [0.1, 0.15) is 20.5 Å². The molecule has 0 fully saturated rings. The van der Waals surface area contributed by atoms with Gasteiger partial charge in [0.25, 0.3) is 0 Å². The van der Waals surface area contributed by atoms with E-state index in [0.29, 0.717) is 0 Å². The minimum atomic E-state index is 0. The van der Waals surface area contributed by atoms with Gasteiger partial charge in [0, 0.05) is 0 Å². The number of aromatic amines is 1. The average molecular weight is 115 g/mol. The Morgan fingerprint density at radius 1 is 1.50 bits per heavy atom. The predicted molar refractivity (Wildman–Crippen MR) is 34.6 cm³/mol. The smallest absolute Gasteiger partial charge is 0.0793 e. The van der Waals surface area contributed by atoms with Gasteiger partial charge in [0.05, 0.1) is 11.9 Å². The number of rotatable bonds is 0. The Kier molecular flexibility index (Phi) is 5.48. The number of hydrogen-bond acceptors (Lipinski definition) is 2. The first-order valence-electron chi connectivity index (χ1n) is 1.72. The highest BCUT2D eigenvalue weighted by atomic mass is 15.3. The van der Waals surface area contributed by atoms with Gasteiger partial charge in [-0.15, -0.1) is 0 Å². The predicted octanol–water partition coefficient (Wildman–Crippen LogP) is 1.39. The van der Waals surface area contributed by atoms with E-state index >= 15 is 0 Å². The highest BCUT2D eigenvalue weighted by Gasteiger charge is 1.76. The van der Waals surface area contributed by atoms with Crippen molar-refractivity contribution < 1.29 is 0 Å². The number of nitrogens with one attached hydrogen (secondary N) is 1. The van der Waals surface area contributed by atoms with Crippen LogP contribution in [-0.4, -0.2) is 15.4 Å². The summed E-state index contributed by atoms with van der Waals surface area (Å²) in [6.07, 6.45) is 1.67. The van der Waals surface area contributed by atoms with E-state index in [1.54, 1.807) is 6.20 Å². The van der Waals surface area contributed by atoms with Crippen molar-refractivity contribution in [3.05, 3.63) is 11.9 Å². The molecule has 0 unspecified atom stereocenters. The van der Waals surface area contributed by atoms with Crippen LogP contribution in [0, 0.1) is 6.92 Å². The molecule has 1 aromatic rings. The van der Waals surface area contributed by atoms with Crippen molar-refractivity contribution in [2.24, 2.45) is 0 Å². The lowest BCUT2D eigenvalue weighted by atomic mass is 10.6. The van der Waals surface area contributed by atoms with Crippen LogP contribution in [0.2, 0.25) is 0 Å². The van der Waals surface area contributed by atoms with Gasteiger partial charge in [-0.2, -0.15) is 15.4 Å². The van der Waals surface area contributed by atoms with Crippen LogP contribution in [-0.2, 0) is 0 Å². The molecule has 0 spiro atoms. The minimum Gasteiger partial charge on any atom is -0.198 e. The van der Waals surface area contributed by atoms with Gasteiger partial charge in [0.2, 0.25) is 0 Å². The third kappa shape index (κ3) is 2.34. The fraction of sp³-hybridized carbons (Fsp3) is 0.600. The normalized spacial score (nSPS) is 6.62. The number of aromatic nitrogens is 3. The average Bonchev–Trinajstić information content (AvgIpc) is 1.86. The molecular weight excluding hydrogens is 102 g/mol. The highest BCUT2D eigenvalue weighted by molar-refractivity contribution is 4.82. The summed E-state index contributed by atoms with van der Waals surface area (Å²) < 4.78 is 0. The summed E-state index contributed by atoms with van der Waals surface area (Å²) in [6, 6.07) is 0. The van der Waals surface area contributed by atoms with Crippen LogP contribution >= 0.6 is 0 Å². The Hall–Kier alpha value is -0.860. The molecule has 1 heterocycles. The highest BCUT2D eigenvalue weighted by Crippen LogP contribution is 1.77. The van der Waals surface area contributed by atoms with Crippen molar-refractivity contribution in [3.8, 4) is 0 Å². The minimum absolute atomic E-state index is 0. The zero-order chi connectivity index (χ0) is 4.41. The monoisotopic (exact) mass is 115 g/mol. The number of aryl methyl sites for hydroxylation is 1. The van der Waals surface area contributed by atoms with Gasteiger partial charge < -0.3 is 0 Å². The molecular formula is C5H13N3. The summed E-state index contributed by atoms with van der Waals surface area (Å²) in [6.45, 7) is 1.88. The maximum atomic E-state index is 3.68. The summed E-state index contributed by atoms with van der Waals surface area (Å²) in [5, 5.41) is 9.70. The van der Waals surface area contributed by atoms with Gasteiger partial charge >= 0.3 is 0 Å². The summed E-state index contributed by atoms with van der Waals surface area (Å²) >= 11 is 0. The van der Waals surface area contributed by atoms with Crippen molar-refractivity contribution in [1.82, 2.24) is 15.4 Å². The van der Waals surface area contributed by atoms with Gasteiger partial charge in [-0.3, -0.25) is 0 Å². The van der Waals surface area contributed by atoms with Gasteiger partial charge in [0.15, 0.2) is 0 Å². The van der Waals surface area contributed by atoms with Crippen molar-refractivity contribution in [1.29, 1.82) is 0 Å². The Balaban J connectivity index is 0. The topological polar surface area (TPSA) is 41.6 Å². The molecule has 8 heavy (non-hydrogen) atoms. The lowest BCUT2D eigenvalue weighted by Gasteiger charge is -1.62. The summed E-state index contributed by atoms with van der Waals surface area (Å²) in [7, 11) is 0. The molecule has 1 rings (SSSR count). The fourth-order valence-electron chi connectivity index (χ4n) is 0.259. The van der Waals surface area contributed by atoms with E-state index in [-0.39, 0.29) is 14.9 Å².